The lowest BCUT2D eigenvalue weighted by Crippen LogP contribution is -2.50. The van der Waals surface area contributed by atoms with Crippen molar-refractivity contribution in [2.24, 2.45) is 40.4 Å². The highest BCUT2D eigenvalue weighted by molar-refractivity contribution is 5.75. The lowest BCUT2D eigenvalue weighted by Gasteiger charge is -2.58. The normalized spacial score (nSPS) is 47.4. The summed E-state index contributed by atoms with van der Waals surface area (Å²) in [6.45, 7) is 9.27. The average Bonchev–Trinajstić information content (AvgIpc) is 2.97. The highest BCUT2D eigenvalue weighted by Crippen LogP contribution is 2.67. The van der Waals surface area contributed by atoms with E-state index in [1.165, 1.54) is 38.5 Å². The number of fused-ring (bicyclic) bond motifs is 5. The second-order valence-corrected chi connectivity index (χ2v) is 11.1. The van der Waals surface area contributed by atoms with Crippen LogP contribution in [0.4, 0.5) is 0 Å². The molecule has 3 fully saturated rings. The molecule has 0 aromatic heterocycles. The van der Waals surface area contributed by atoms with E-state index >= 15 is 0 Å². The van der Waals surface area contributed by atoms with Crippen molar-refractivity contribution in [2.75, 3.05) is 0 Å². The number of carbonyl (C=O) groups is 1. The molecule has 0 amide bonds. The zero-order valence-corrected chi connectivity index (χ0v) is 18.0. The van der Waals surface area contributed by atoms with Crippen LogP contribution in [0.15, 0.2) is 11.6 Å². The van der Waals surface area contributed by atoms with Crippen molar-refractivity contribution in [2.45, 2.75) is 98.0 Å². The van der Waals surface area contributed by atoms with Crippen molar-refractivity contribution in [1.82, 2.24) is 0 Å². The van der Waals surface area contributed by atoms with Crippen molar-refractivity contribution < 1.29 is 9.90 Å². The zero-order chi connectivity index (χ0) is 19.4. The number of carbonyl (C=O) groups excluding carboxylic acids is 1. The molecule has 3 unspecified atom stereocenters. The van der Waals surface area contributed by atoms with Gasteiger partial charge in [0.2, 0.25) is 0 Å². The summed E-state index contributed by atoms with van der Waals surface area (Å²) in [5.41, 5.74) is 2.41. The van der Waals surface area contributed by atoms with Crippen molar-refractivity contribution in [3.05, 3.63) is 11.6 Å². The van der Waals surface area contributed by atoms with Crippen LogP contribution in [0.3, 0.4) is 0 Å². The Morgan fingerprint density at radius 2 is 1.96 bits per heavy atom. The number of Topliss-reactive ketones (excluding diaryl/α,β-unsaturated/α-hetero) is 1. The summed E-state index contributed by atoms with van der Waals surface area (Å²) in [6.07, 6.45) is 14.1. The van der Waals surface area contributed by atoms with E-state index in [1.54, 1.807) is 12.5 Å². The minimum absolute atomic E-state index is 0.104. The lowest BCUT2D eigenvalue weighted by molar-refractivity contribution is -0.117. The van der Waals surface area contributed by atoms with Gasteiger partial charge in [-0.1, -0.05) is 32.4 Å². The van der Waals surface area contributed by atoms with Crippen LogP contribution in [0.2, 0.25) is 0 Å². The van der Waals surface area contributed by atoms with E-state index in [2.05, 4.69) is 26.8 Å². The Morgan fingerprint density at radius 1 is 1.19 bits per heavy atom. The molecule has 2 nitrogen and oxygen atoms in total. The summed E-state index contributed by atoms with van der Waals surface area (Å²) >= 11 is 0. The van der Waals surface area contributed by atoms with E-state index in [4.69, 9.17) is 0 Å². The molecule has 4 rings (SSSR count). The molecule has 0 bridgehead atoms. The second kappa shape index (κ2) is 7.01. The third kappa shape index (κ3) is 3.15. The lowest BCUT2D eigenvalue weighted by atomic mass is 9.47. The third-order valence-corrected chi connectivity index (χ3v) is 9.79. The molecule has 27 heavy (non-hydrogen) atoms. The first-order chi connectivity index (χ1) is 12.8. The Kier molecular flexibility index (Phi) is 5.11. The van der Waals surface area contributed by atoms with Crippen LogP contribution >= 0.6 is 0 Å². The third-order valence-electron chi connectivity index (χ3n) is 9.79. The molecule has 8 atom stereocenters. The average molecular weight is 373 g/mol. The fourth-order valence-electron chi connectivity index (χ4n) is 8.25. The van der Waals surface area contributed by atoms with Crippen LogP contribution < -0.4 is 0 Å². The molecule has 2 heteroatoms. The predicted molar refractivity (Wildman–Crippen MR) is 110 cm³/mol. The number of aliphatic hydroxyl groups excluding tert-OH is 1. The fourth-order valence-corrected chi connectivity index (χ4v) is 8.25. The molecule has 0 radical (unpaired) electrons. The van der Waals surface area contributed by atoms with E-state index in [1.807, 2.05) is 0 Å². The number of allylic oxidation sites excluding steroid dienone is 1. The first kappa shape index (κ1) is 19.7. The Morgan fingerprint density at radius 3 is 2.70 bits per heavy atom. The van der Waals surface area contributed by atoms with Crippen molar-refractivity contribution >= 4 is 5.78 Å². The minimum Gasteiger partial charge on any atom is -0.393 e. The highest BCUT2D eigenvalue weighted by atomic mass is 16.3. The summed E-state index contributed by atoms with van der Waals surface area (Å²) in [7, 11) is 0. The summed E-state index contributed by atoms with van der Waals surface area (Å²) < 4.78 is 0. The molecule has 4 aliphatic carbocycles. The topological polar surface area (TPSA) is 37.3 Å². The minimum atomic E-state index is -0.104. The molecular formula is C25H40O2. The molecule has 0 aromatic carbocycles. The second-order valence-electron chi connectivity index (χ2n) is 11.1. The van der Waals surface area contributed by atoms with Crippen LogP contribution in [0.5, 0.6) is 0 Å². The van der Waals surface area contributed by atoms with E-state index in [0.717, 1.165) is 49.4 Å². The predicted octanol–water partition coefficient (Wildman–Crippen LogP) is 5.93. The molecule has 152 valence electrons. The number of hydrogen-bond donors (Lipinski definition) is 1. The van der Waals surface area contributed by atoms with Gasteiger partial charge in [-0.3, -0.25) is 0 Å². The van der Waals surface area contributed by atoms with Gasteiger partial charge in [-0.2, -0.15) is 0 Å². The van der Waals surface area contributed by atoms with Gasteiger partial charge in [0, 0.05) is 6.42 Å². The van der Waals surface area contributed by atoms with E-state index in [0.29, 0.717) is 22.5 Å². The Balaban J connectivity index is 1.54. The first-order valence-electron chi connectivity index (χ1n) is 11.6. The standard InChI is InChI=1S/C25H40O2/c1-16(5-6-17(2)26)21-9-10-22-20-8-7-18-15-19(27)11-13-24(18,3)23(20)12-14-25(21,22)4/h7,16,19-23,27H,5-6,8-15H2,1-4H3/t16-,19+,20?,21-,22?,23?,24+,25-/m1/s1. The maximum absolute atomic E-state index is 11.5. The SMILES string of the molecule is CC(=O)CC[C@@H](C)[C@H]1CCC2C3CC=C4C[C@@H](O)CC[C@]4(C)C3CC[C@@]21C. The van der Waals surface area contributed by atoms with Crippen molar-refractivity contribution in [3.8, 4) is 0 Å². The number of ketones is 1. The van der Waals surface area contributed by atoms with Crippen LogP contribution in [0, 0.1) is 40.4 Å². The van der Waals surface area contributed by atoms with Gasteiger partial charge < -0.3 is 9.90 Å². The first-order valence-corrected chi connectivity index (χ1v) is 11.6. The highest BCUT2D eigenvalue weighted by Gasteiger charge is 2.59. The largest absolute Gasteiger partial charge is 0.393 e. The molecule has 3 saturated carbocycles. The van der Waals surface area contributed by atoms with Gasteiger partial charge in [0.05, 0.1) is 6.10 Å². The van der Waals surface area contributed by atoms with Gasteiger partial charge in [-0.05, 0) is 105 Å². The maximum atomic E-state index is 11.5. The fraction of sp³-hybridized carbons (Fsp3) is 0.880. The van der Waals surface area contributed by atoms with Gasteiger partial charge in [0.1, 0.15) is 5.78 Å². The van der Waals surface area contributed by atoms with E-state index < -0.39 is 0 Å². The van der Waals surface area contributed by atoms with E-state index in [-0.39, 0.29) is 6.10 Å². The molecular weight excluding hydrogens is 332 g/mol. The van der Waals surface area contributed by atoms with Crippen LogP contribution in [-0.4, -0.2) is 17.0 Å². The Bertz CT molecular complexity index is 622. The summed E-state index contributed by atoms with van der Waals surface area (Å²) in [5, 5.41) is 10.2. The summed E-state index contributed by atoms with van der Waals surface area (Å²) in [6, 6.07) is 0. The molecule has 0 heterocycles. The summed E-state index contributed by atoms with van der Waals surface area (Å²) in [5.74, 6) is 4.36. The quantitative estimate of drug-likeness (QED) is 0.621. The smallest absolute Gasteiger partial charge is 0.129 e. The maximum Gasteiger partial charge on any atom is 0.129 e. The molecule has 4 aliphatic rings. The number of hydrogen-bond acceptors (Lipinski definition) is 2. The van der Waals surface area contributed by atoms with Crippen molar-refractivity contribution in [1.29, 1.82) is 0 Å². The van der Waals surface area contributed by atoms with Crippen LogP contribution in [-0.2, 0) is 4.79 Å². The van der Waals surface area contributed by atoms with Crippen molar-refractivity contribution in [3.63, 3.8) is 0 Å². The molecule has 1 N–H and O–H groups in total. The van der Waals surface area contributed by atoms with Gasteiger partial charge in [0.25, 0.3) is 0 Å². The van der Waals surface area contributed by atoms with E-state index in [9.17, 15) is 9.90 Å². The number of rotatable bonds is 4. The van der Waals surface area contributed by atoms with Gasteiger partial charge in [-0.15, -0.1) is 0 Å². The Hall–Kier alpha value is -0.630. The van der Waals surface area contributed by atoms with Gasteiger partial charge in [-0.25, -0.2) is 0 Å². The van der Waals surface area contributed by atoms with Gasteiger partial charge >= 0.3 is 0 Å². The number of aliphatic hydroxyl groups is 1. The molecule has 0 spiro atoms. The molecule has 0 aliphatic heterocycles. The van der Waals surface area contributed by atoms with Crippen LogP contribution in [0.1, 0.15) is 91.9 Å². The zero-order valence-electron chi connectivity index (χ0n) is 18.0. The monoisotopic (exact) mass is 372 g/mol. The molecule has 0 saturated heterocycles. The summed E-state index contributed by atoms with van der Waals surface area (Å²) in [4.78, 5) is 11.5. The molecule has 0 aromatic rings. The van der Waals surface area contributed by atoms with Gasteiger partial charge in [0.15, 0.2) is 0 Å². The van der Waals surface area contributed by atoms with Crippen LogP contribution in [0.25, 0.3) is 0 Å². The Labute approximate surface area is 166 Å².